The minimum Gasteiger partial charge on any atom is -0.361 e. The highest BCUT2D eigenvalue weighted by molar-refractivity contribution is 6.00. The lowest BCUT2D eigenvalue weighted by Crippen LogP contribution is -2.37. The Bertz CT molecular complexity index is 1200. The van der Waals surface area contributed by atoms with Gasteiger partial charge in [-0.2, -0.15) is 0 Å². The summed E-state index contributed by atoms with van der Waals surface area (Å²) < 4.78 is 0. The van der Waals surface area contributed by atoms with Crippen LogP contribution in [-0.4, -0.2) is 23.3 Å². The number of nitrogens with one attached hydrogen (secondary N) is 2. The topological polar surface area (TPSA) is 61.4 Å². The molecule has 0 radical (unpaired) electrons. The van der Waals surface area contributed by atoms with Crippen molar-refractivity contribution in [2.45, 2.75) is 45.3 Å². The Balaban J connectivity index is 1.43. The van der Waals surface area contributed by atoms with E-state index in [2.05, 4.69) is 48.7 Å². The third-order valence-corrected chi connectivity index (χ3v) is 6.79. The molecule has 5 heteroatoms. The van der Waals surface area contributed by atoms with Crippen LogP contribution in [0.3, 0.4) is 0 Å². The number of carbonyl (C=O) groups excluding carboxylic acids is 2. The largest absolute Gasteiger partial charge is 0.361 e. The van der Waals surface area contributed by atoms with E-state index in [1.54, 1.807) is 0 Å². The van der Waals surface area contributed by atoms with E-state index >= 15 is 0 Å². The molecule has 0 saturated carbocycles. The Hall–Kier alpha value is -3.60. The molecule has 1 heterocycles. The fourth-order valence-electron chi connectivity index (χ4n) is 5.10. The van der Waals surface area contributed by atoms with E-state index in [1.807, 2.05) is 53.4 Å². The van der Waals surface area contributed by atoms with Gasteiger partial charge in [-0.05, 0) is 66.6 Å². The molecule has 0 spiro atoms. The van der Waals surface area contributed by atoms with Crippen molar-refractivity contribution >= 4 is 17.5 Å². The first-order chi connectivity index (χ1) is 16.5. The quantitative estimate of drug-likeness (QED) is 0.502. The standard InChI is InChI=1S/C29H31N3O2/c1-19(2)18-30-28(33)21-14-16-22(17-15-21)31-27-24-11-5-6-12-25(24)29(34)32(27)26-13-7-9-20-8-3-4-10-23(20)26/h3-6,8,10-12,14-17,19,26-27,31H,7,9,13,18H2,1-2H3,(H,30,33). The highest BCUT2D eigenvalue weighted by Crippen LogP contribution is 2.44. The molecular formula is C29H31N3O2. The fourth-order valence-corrected chi connectivity index (χ4v) is 5.10. The van der Waals surface area contributed by atoms with E-state index in [0.717, 1.165) is 36.1 Å². The number of nitrogens with zero attached hydrogens (tertiary/aromatic N) is 1. The molecule has 0 saturated heterocycles. The Morgan fingerprint density at radius 1 is 0.971 bits per heavy atom. The molecule has 0 aromatic heterocycles. The number of anilines is 1. The maximum atomic E-state index is 13.6. The lowest BCUT2D eigenvalue weighted by atomic mass is 9.86. The van der Waals surface area contributed by atoms with Crippen LogP contribution in [0.1, 0.15) is 76.3 Å². The summed E-state index contributed by atoms with van der Waals surface area (Å²) in [6.45, 7) is 4.80. The lowest BCUT2D eigenvalue weighted by molar-refractivity contribution is 0.0627. The van der Waals surface area contributed by atoms with E-state index in [4.69, 9.17) is 0 Å². The molecule has 2 N–H and O–H groups in total. The van der Waals surface area contributed by atoms with Crippen LogP contribution in [0.2, 0.25) is 0 Å². The molecule has 5 rings (SSSR count). The van der Waals surface area contributed by atoms with E-state index in [1.165, 1.54) is 11.1 Å². The second-order valence-corrected chi connectivity index (χ2v) is 9.63. The summed E-state index contributed by atoms with van der Waals surface area (Å²) in [6.07, 6.45) is 2.80. The summed E-state index contributed by atoms with van der Waals surface area (Å²) in [6, 6.07) is 23.9. The summed E-state index contributed by atoms with van der Waals surface area (Å²) >= 11 is 0. The molecule has 0 bridgehead atoms. The molecule has 1 aliphatic carbocycles. The van der Waals surface area contributed by atoms with Crippen molar-refractivity contribution in [1.82, 2.24) is 10.2 Å². The number of fused-ring (bicyclic) bond motifs is 2. The zero-order valence-corrected chi connectivity index (χ0v) is 19.8. The summed E-state index contributed by atoms with van der Waals surface area (Å²) in [4.78, 5) is 28.0. The molecule has 2 amide bonds. The summed E-state index contributed by atoms with van der Waals surface area (Å²) in [5.41, 5.74) is 5.84. The maximum Gasteiger partial charge on any atom is 0.256 e. The van der Waals surface area contributed by atoms with Gasteiger partial charge in [0.15, 0.2) is 0 Å². The zero-order chi connectivity index (χ0) is 23.7. The molecule has 0 fully saturated rings. The van der Waals surface area contributed by atoms with Crippen LogP contribution in [0, 0.1) is 5.92 Å². The molecule has 174 valence electrons. The highest BCUT2D eigenvalue weighted by atomic mass is 16.2. The van der Waals surface area contributed by atoms with E-state index in [0.29, 0.717) is 18.0 Å². The predicted octanol–water partition coefficient (Wildman–Crippen LogP) is 5.72. The number of hydrogen-bond acceptors (Lipinski definition) is 3. The van der Waals surface area contributed by atoms with Gasteiger partial charge < -0.3 is 15.5 Å². The number of carbonyl (C=O) groups is 2. The van der Waals surface area contributed by atoms with Crippen molar-refractivity contribution in [3.05, 3.63) is 101 Å². The van der Waals surface area contributed by atoms with E-state index < -0.39 is 0 Å². The molecule has 2 atom stereocenters. The molecule has 3 aromatic carbocycles. The van der Waals surface area contributed by atoms with Crippen molar-refractivity contribution in [3.8, 4) is 0 Å². The average Bonchev–Trinajstić information content (AvgIpc) is 3.14. The van der Waals surface area contributed by atoms with Crippen molar-refractivity contribution in [2.24, 2.45) is 5.92 Å². The summed E-state index contributed by atoms with van der Waals surface area (Å²) in [5, 5.41) is 6.55. The molecule has 1 aliphatic heterocycles. The summed E-state index contributed by atoms with van der Waals surface area (Å²) in [7, 11) is 0. The second-order valence-electron chi connectivity index (χ2n) is 9.63. The molecule has 34 heavy (non-hydrogen) atoms. The first-order valence-corrected chi connectivity index (χ1v) is 12.2. The van der Waals surface area contributed by atoms with Gasteiger partial charge in [-0.3, -0.25) is 9.59 Å². The Morgan fingerprint density at radius 3 is 2.44 bits per heavy atom. The van der Waals surface area contributed by atoms with Gasteiger partial charge in [-0.15, -0.1) is 0 Å². The Morgan fingerprint density at radius 2 is 1.68 bits per heavy atom. The van der Waals surface area contributed by atoms with Crippen molar-refractivity contribution in [1.29, 1.82) is 0 Å². The van der Waals surface area contributed by atoms with Gasteiger partial charge in [0.25, 0.3) is 11.8 Å². The van der Waals surface area contributed by atoms with E-state index in [-0.39, 0.29) is 24.0 Å². The maximum absolute atomic E-state index is 13.6. The van der Waals surface area contributed by atoms with Gasteiger partial charge in [-0.1, -0.05) is 56.3 Å². The third-order valence-electron chi connectivity index (χ3n) is 6.79. The number of rotatable bonds is 6. The van der Waals surface area contributed by atoms with Crippen LogP contribution in [0.5, 0.6) is 0 Å². The number of amides is 2. The van der Waals surface area contributed by atoms with Crippen LogP contribution in [0.4, 0.5) is 5.69 Å². The minimum absolute atomic E-state index is 0.0310. The van der Waals surface area contributed by atoms with Crippen LogP contribution in [0.25, 0.3) is 0 Å². The van der Waals surface area contributed by atoms with Gasteiger partial charge in [0.05, 0.1) is 6.04 Å². The first kappa shape index (κ1) is 22.2. The third kappa shape index (κ3) is 4.18. The highest BCUT2D eigenvalue weighted by Gasteiger charge is 2.42. The van der Waals surface area contributed by atoms with Crippen molar-refractivity contribution in [2.75, 3.05) is 11.9 Å². The Labute approximate surface area is 201 Å². The van der Waals surface area contributed by atoms with Crippen LogP contribution < -0.4 is 10.6 Å². The van der Waals surface area contributed by atoms with Gasteiger partial charge in [0.1, 0.15) is 6.17 Å². The molecule has 3 aromatic rings. The van der Waals surface area contributed by atoms with Crippen molar-refractivity contribution in [3.63, 3.8) is 0 Å². The molecular weight excluding hydrogens is 422 g/mol. The van der Waals surface area contributed by atoms with Crippen LogP contribution in [-0.2, 0) is 6.42 Å². The van der Waals surface area contributed by atoms with Crippen molar-refractivity contribution < 1.29 is 9.59 Å². The predicted molar refractivity (Wildman–Crippen MR) is 135 cm³/mol. The average molecular weight is 454 g/mol. The molecule has 2 unspecified atom stereocenters. The van der Waals surface area contributed by atoms with Gasteiger partial charge in [0, 0.05) is 28.9 Å². The number of benzene rings is 3. The summed E-state index contributed by atoms with van der Waals surface area (Å²) in [5.74, 6) is 0.405. The lowest BCUT2D eigenvalue weighted by Gasteiger charge is -2.37. The van der Waals surface area contributed by atoms with Crippen LogP contribution >= 0.6 is 0 Å². The van der Waals surface area contributed by atoms with Gasteiger partial charge in [0.2, 0.25) is 0 Å². The minimum atomic E-state index is -0.263. The van der Waals surface area contributed by atoms with Crippen LogP contribution in [0.15, 0.2) is 72.8 Å². The number of aryl methyl sites for hydroxylation is 1. The van der Waals surface area contributed by atoms with Gasteiger partial charge in [-0.25, -0.2) is 0 Å². The first-order valence-electron chi connectivity index (χ1n) is 12.2. The molecule has 5 nitrogen and oxygen atoms in total. The normalized spacial score (nSPS) is 19.0. The Kier molecular flexibility index (Phi) is 6.10. The fraction of sp³-hybridized carbons (Fsp3) is 0.310. The molecule has 2 aliphatic rings. The number of hydrogen-bond donors (Lipinski definition) is 2. The smallest absolute Gasteiger partial charge is 0.256 e. The monoisotopic (exact) mass is 453 g/mol. The van der Waals surface area contributed by atoms with Gasteiger partial charge >= 0.3 is 0 Å². The zero-order valence-electron chi connectivity index (χ0n) is 19.8. The SMILES string of the molecule is CC(C)CNC(=O)c1ccc(NC2c3ccccc3C(=O)N2C2CCCc3ccccc32)cc1. The second kappa shape index (κ2) is 9.34. The van der Waals surface area contributed by atoms with E-state index in [9.17, 15) is 9.59 Å².